The Morgan fingerprint density at radius 3 is 2.86 bits per heavy atom. The number of aryl methyl sites for hydroxylation is 1. The molecule has 0 saturated carbocycles. The van der Waals surface area contributed by atoms with Gasteiger partial charge in [0.15, 0.2) is 0 Å². The molecule has 1 atom stereocenters. The number of alkyl halides is 3. The third-order valence-electron chi connectivity index (χ3n) is 3.27. The Kier molecular flexibility index (Phi) is 3.69. The molecule has 0 amide bonds. The van der Waals surface area contributed by atoms with Gasteiger partial charge in [0, 0.05) is 12.7 Å². The third kappa shape index (κ3) is 2.86. The lowest BCUT2D eigenvalue weighted by atomic mass is 10.2. The van der Waals surface area contributed by atoms with Crippen LogP contribution in [0.4, 0.5) is 19.0 Å². The zero-order valence-electron chi connectivity index (χ0n) is 11.7. The molecule has 1 aliphatic rings. The molecule has 0 bridgehead atoms. The van der Waals surface area contributed by atoms with Crippen LogP contribution in [-0.4, -0.2) is 44.9 Å². The number of tetrazole rings is 1. The summed E-state index contributed by atoms with van der Waals surface area (Å²) in [6.45, 7) is 0.763. The molecule has 2 aromatic heterocycles. The summed E-state index contributed by atoms with van der Waals surface area (Å²) in [5.41, 5.74) is -0.761. The smallest absolute Gasteiger partial charge is 0.366 e. The van der Waals surface area contributed by atoms with Crippen molar-refractivity contribution in [3.05, 3.63) is 29.7 Å². The number of rotatable bonds is 2. The van der Waals surface area contributed by atoms with Crippen LogP contribution in [0.1, 0.15) is 17.5 Å². The fourth-order valence-electron chi connectivity index (χ4n) is 2.30. The lowest BCUT2D eigenvalue weighted by Crippen LogP contribution is -2.40. The van der Waals surface area contributed by atoms with Crippen LogP contribution < -0.4 is 4.90 Å². The zero-order chi connectivity index (χ0) is 15.7. The van der Waals surface area contributed by atoms with E-state index in [4.69, 9.17) is 4.74 Å². The number of nitrogens with zero attached hydrogens (tertiary/aromatic N) is 6. The van der Waals surface area contributed by atoms with Crippen molar-refractivity contribution < 1.29 is 17.9 Å². The highest BCUT2D eigenvalue weighted by Crippen LogP contribution is 2.36. The molecule has 0 aromatic carbocycles. The molecule has 3 rings (SSSR count). The van der Waals surface area contributed by atoms with Gasteiger partial charge in [-0.2, -0.15) is 18.0 Å². The van der Waals surface area contributed by atoms with E-state index in [9.17, 15) is 13.2 Å². The van der Waals surface area contributed by atoms with Crippen LogP contribution in [0.15, 0.2) is 18.3 Å². The van der Waals surface area contributed by atoms with Crippen molar-refractivity contribution in [3.63, 3.8) is 0 Å². The normalized spacial score (nSPS) is 19.5. The molecular formula is C12H13F3N6O. The molecule has 118 valence electrons. The van der Waals surface area contributed by atoms with Crippen molar-refractivity contribution in [1.82, 2.24) is 25.2 Å². The minimum atomic E-state index is -4.46. The number of hydrogen-bond acceptors (Lipinski definition) is 6. The van der Waals surface area contributed by atoms with Gasteiger partial charge < -0.3 is 9.64 Å². The predicted molar refractivity (Wildman–Crippen MR) is 68.9 cm³/mol. The molecule has 0 radical (unpaired) electrons. The molecule has 0 spiro atoms. The van der Waals surface area contributed by atoms with E-state index in [2.05, 4.69) is 20.4 Å². The van der Waals surface area contributed by atoms with Gasteiger partial charge in [-0.1, -0.05) is 0 Å². The number of hydrogen-bond donors (Lipinski definition) is 0. The Balaban J connectivity index is 1.86. The first-order chi connectivity index (χ1) is 10.4. The highest BCUT2D eigenvalue weighted by molar-refractivity contribution is 5.48. The predicted octanol–water partition coefficient (Wildman–Crippen LogP) is 1.20. The van der Waals surface area contributed by atoms with Crippen LogP contribution in [0.3, 0.4) is 0 Å². The van der Waals surface area contributed by atoms with Crippen LogP contribution in [0.25, 0.3) is 0 Å². The molecule has 1 saturated heterocycles. The quantitative estimate of drug-likeness (QED) is 0.830. The second-order valence-corrected chi connectivity index (χ2v) is 4.81. The molecule has 22 heavy (non-hydrogen) atoms. The fraction of sp³-hybridized carbons (Fsp3) is 0.500. The average Bonchev–Trinajstić information content (AvgIpc) is 2.93. The first kappa shape index (κ1) is 14.7. The number of aromatic nitrogens is 5. The monoisotopic (exact) mass is 314 g/mol. The Morgan fingerprint density at radius 1 is 1.36 bits per heavy atom. The maximum atomic E-state index is 13.1. The summed E-state index contributed by atoms with van der Waals surface area (Å²) in [6.07, 6.45) is -3.65. The van der Waals surface area contributed by atoms with Gasteiger partial charge in [-0.3, -0.25) is 0 Å². The second kappa shape index (κ2) is 5.52. The standard InChI is InChI=1S/C12H13F3N6O/c1-20-18-10(17-19-20)9-7-21(5-6-22-9)11-8(12(13,14)15)3-2-4-16-11/h2-4,9H,5-7H2,1H3. The van der Waals surface area contributed by atoms with Crippen molar-refractivity contribution in [1.29, 1.82) is 0 Å². The van der Waals surface area contributed by atoms with Crippen molar-refractivity contribution in [3.8, 4) is 0 Å². The maximum Gasteiger partial charge on any atom is 0.419 e. The summed E-state index contributed by atoms with van der Waals surface area (Å²) >= 11 is 0. The first-order valence-corrected chi connectivity index (χ1v) is 6.58. The lowest BCUT2D eigenvalue weighted by Gasteiger charge is -2.33. The zero-order valence-corrected chi connectivity index (χ0v) is 11.7. The van der Waals surface area contributed by atoms with Crippen LogP contribution in [0.2, 0.25) is 0 Å². The van der Waals surface area contributed by atoms with E-state index in [0.717, 1.165) is 6.07 Å². The van der Waals surface area contributed by atoms with Crippen LogP contribution in [0, 0.1) is 0 Å². The molecule has 1 fully saturated rings. The SMILES string of the molecule is Cn1nnc(C2CN(c3ncccc3C(F)(F)F)CCO2)n1. The second-order valence-electron chi connectivity index (χ2n) is 4.81. The van der Waals surface area contributed by atoms with Crippen molar-refractivity contribution in [2.45, 2.75) is 12.3 Å². The molecule has 10 heteroatoms. The maximum absolute atomic E-state index is 13.1. The average molecular weight is 314 g/mol. The number of anilines is 1. The van der Waals surface area contributed by atoms with Gasteiger partial charge in [-0.05, 0) is 17.3 Å². The highest BCUT2D eigenvalue weighted by atomic mass is 19.4. The van der Waals surface area contributed by atoms with E-state index >= 15 is 0 Å². The fourth-order valence-corrected chi connectivity index (χ4v) is 2.30. The van der Waals surface area contributed by atoms with Gasteiger partial charge in [0.1, 0.15) is 11.9 Å². The van der Waals surface area contributed by atoms with Crippen LogP contribution in [-0.2, 0) is 18.0 Å². The molecule has 0 N–H and O–H groups in total. The Bertz CT molecular complexity index is 658. The first-order valence-electron chi connectivity index (χ1n) is 6.58. The van der Waals surface area contributed by atoms with Crippen LogP contribution in [0.5, 0.6) is 0 Å². The number of halogens is 3. The summed E-state index contributed by atoms with van der Waals surface area (Å²) in [5.74, 6) is 0.240. The highest BCUT2D eigenvalue weighted by Gasteiger charge is 2.37. The molecular weight excluding hydrogens is 301 g/mol. The Labute approximate surface area is 123 Å². The van der Waals surface area contributed by atoms with Crippen LogP contribution >= 0.6 is 0 Å². The summed E-state index contributed by atoms with van der Waals surface area (Å²) in [6, 6.07) is 2.29. The molecule has 0 aliphatic carbocycles. The van der Waals surface area contributed by atoms with E-state index in [0.29, 0.717) is 12.4 Å². The van der Waals surface area contributed by atoms with Crippen molar-refractivity contribution in [2.75, 3.05) is 24.6 Å². The molecule has 1 aliphatic heterocycles. The minimum absolute atomic E-state index is 0.104. The van der Waals surface area contributed by atoms with Gasteiger partial charge >= 0.3 is 6.18 Å². The summed E-state index contributed by atoms with van der Waals surface area (Å²) in [5, 5.41) is 11.6. The van der Waals surface area contributed by atoms with Crippen molar-refractivity contribution in [2.24, 2.45) is 7.05 Å². The van der Waals surface area contributed by atoms with E-state index < -0.39 is 17.8 Å². The van der Waals surface area contributed by atoms with E-state index in [1.807, 2.05) is 0 Å². The summed E-state index contributed by atoms with van der Waals surface area (Å²) in [7, 11) is 1.61. The van der Waals surface area contributed by atoms with E-state index in [1.54, 1.807) is 7.05 Å². The van der Waals surface area contributed by atoms with Gasteiger partial charge in [0.05, 0.1) is 25.8 Å². The topological polar surface area (TPSA) is 69.0 Å². The molecule has 2 aromatic rings. The van der Waals surface area contributed by atoms with Gasteiger partial charge in [-0.15, -0.1) is 10.2 Å². The Hall–Kier alpha value is -2.23. The lowest BCUT2D eigenvalue weighted by molar-refractivity contribution is -0.137. The van der Waals surface area contributed by atoms with Gasteiger partial charge in [0.25, 0.3) is 0 Å². The van der Waals surface area contributed by atoms with Gasteiger partial charge in [-0.25, -0.2) is 4.98 Å². The number of ether oxygens (including phenoxy) is 1. The molecule has 3 heterocycles. The summed E-state index contributed by atoms with van der Waals surface area (Å²) < 4.78 is 44.8. The van der Waals surface area contributed by atoms with E-state index in [-0.39, 0.29) is 19.0 Å². The third-order valence-corrected chi connectivity index (χ3v) is 3.27. The van der Waals surface area contributed by atoms with Gasteiger partial charge in [0.2, 0.25) is 5.82 Å². The number of morpholine rings is 1. The number of pyridine rings is 1. The van der Waals surface area contributed by atoms with E-state index in [1.165, 1.54) is 22.0 Å². The molecule has 1 unspecified atom stereocenters. The Morgan fingerprint density at radius 2 is 2.18 bits per heavy atom. The van der Waals surface area contributed by atoms with Crippen molar-refractivity contribution >= 4 is 5.82 Å². The minimum Gasteiger partial charge on any atom is -0.366 e. The molecule has 7 nitrogen and oxygen atoms in total. The largest absolute Gasteiger partial charge is 0.419 e. The summed E-state index contributed by atoms with van der Waals surface area (Å²) in [4.78, 5) is 6.70.